The van der Waals surface area contributed by atoms with E-state index in [0.29, 0.717) is 29.2 Å². The van der Waals surface area contributed by atoms with Crippen LogP contribution in [0.3, 0.4) is 0 Å². The lowest BCUT2D eigenvalue weighted by Gasteiger charge is -2.30. The van der Waals surface area contributed by atoms with Gasteiger partial charge in [-0.25, -0.2) is 0 Å². The smallest absolute Gasteiger partial charge is 0.232 e. The highest BCUT2D eigenvalue weighted by molar-refractivity contribution is 6.15. The topological polar surface area (TPSA) is 81.4 Å². The molecule has 0 radical (unpaired) electrons. The number of benzene rings is 2. The SMILES string of the molecule is C1COCCO1.CC1CCN(Cc2c(O)ccc3c2O/C(=C\c2cc4ccccc4o2)C3=O)CC1. The number of Topliss-reactive ketones (excluding diaryl/α,β-unsaturated/α-hetero) is 1. The highest BCUT2D eigenvalue weighted by Gasteiger charge is 2.32. The van der Waals surface area contributed by atoms with Gasteiger partial charge in [0.15, 0.2) is 5.76 Å². The summed E-state index contributed by atoms with van der Waals surface area (Å²) in [6.45, 7) is 7.93. The van der Waals surface area contributed by atoms with Crippen molar-refractivity contribution < 1.29 is 28.5 Å². The molecule has 2 saturated heterocycles. The fraction of sp³-hybridized carbons (Fsp3) is 0.393. The zero-order valence-electron chi connectivity index (χ0n) is 20.0. The summed E-state index contributed by atoms with van der Waals surface area (Å²) in [6, 6.07) is 12.8. The van der Waals surface area contributed by atoms with Crippen LogP contribution in [0.15, 0.2) is 52.6 Å². The van der Waals surface area contributed by atoms with Crippen LogP contribution in [-0.4, -0.2) is 55.3 Å². The largest absolute Gasteiger partial charge is 0.507 e. The summed E-state index contributed by atoms with van der Waals surface area (Å²) in [5.41, 5.74) is 1.93. The fourth-order valence-corrected chi connectivity index (χ4v) is 4.54. The number of fused-ring (bicyclic) bond motifs is 2. The highest BCUT2D eigenvalue weighted by Crippen LogP contribution is 2.40. The van der Waals surface area contributed by atoms with E-state index in [1.165, 1.54) is 0 Å². The Balaban J connectivity index is 0.000000371. The number of piperidine rings is 1. The van der Waals surface area contributed by atoms with Crippen LogP contribution in [0.25, 0.3) is 17.0 Å². The number of hydrogen-bond donors (Lipinski definition) is 1. The van der Waals surface area contributed by atoms with Gasteiger partial charge in [0, 0.05) is 18.0 Å². The van der Waals surface area contributed by atoms with Gasteiger partial charge in [-0.2, -0.15) is 0 Å². The lowest BCUT2D eigenvalue weighted by atomic mass is 9.98. The molecule has 0 saturated carbocycles. The van der Waals surface area contributed by atoms with Crippen LogP contribution in [0.1, 0.15) is 41.4 Å². The molecule has 0 spiro atoms. The third-order valence-electron chi connectivity index (χ3n) is 6.64. The molecule has 2 aromatic carbocycles. The van der Waals surface area contributed by atoms with Crippen LogP contribution < -0.4 is 4.74 Å². The standard InChI is InChI=1S/C24H23NO4.C4H8O2/c1-15-8-10-25(11-9-15)14-19-20(26)7-6-18-23(27)22(29-24(18)19)13-17-12-16-4-2-3-5-21(16)28-17;1-2-6-4-3-5-1/h2-7,12-13,15,26H,8-11,14H2,1H3;1-4H2/b22-13-;. The first-order chi connectivity index (χ1) is 17.1. The van der Waals surface area contributed by atoms with Crippen molar-refractivity contribution >= 4 is 22.8 Å². The Morgan fingerprint density at radius 2 is 1.74 bits per heavy atom. The molecule has 35 heavy (non-hydrogen) atoms. The van der Waals surface area contributed by atoms with E-state index >= 15 is 0 Å². The number of para-hydroxylation sites is 1. The highest BCUT2D eigenvalue weighted by atomic mass is 16.6. The van der Waals surface area contributed by atoms with E-state index in [-0.39, 0.29) is 17.3 Å². The minimum Gasteiger partial charge on any atom is -0.507 e. The van der Waals surface area contributed by atoms with E-state index < -0.39 is 0 Å². The summed E-state index contributed by atoms with van der Waals surface area (Å²) < 4.78 is 21.6. The molecule has 3 aliphatic rings. The van der Waals surface area contributed by atoms with Crippen molar-refractivity contribution in [3.8, 4) is 11.5 Å². The Labute approximate surface area is 204 Å². The first kappa shape index (κ1) is 23.6. The van der Waals surface area contributed by atoms with Crippen LogP contribution >= 0.6 is 0 Å². The second-order valence-corrected chi connectivity index (χ2v) is 9.25. The summed E-state index contributed by atoms with van der Waals surface area (Å²) in [7, 11) is 0. The van der Waals surface area contributed by atoms with Crippen LogP contribution in [0.2, 0.25) is 0 Å². The van der Waals surface area contributed by atoms with Crippen molar-refractivity contribution in [2.45, 2.75) is 26.3 Å². The second-order valence-electron chi connectivity index (χ2n) is 9.25. The molecule has 1 aromatic heterocycles. The third-order valence-corrected chi connectivity index (χ3v) is 6.64. The number of ketones is 1. The molecule has 0 atom stereocenters. The van der Waals surface area contributed by atoms with Gasteiger partial charge in [-0.15, -0.1) is 0 Å². The monoisotopic (exact) mass is 477 g/mol. The van der Waals surface area contributed by atoms with Gasteiger partial charge >= 0.3 is 0 Å². The molecular weight excluding hydrogens is 446 g/mol. The maximum atomic E-state index is 12.9. The Morgan fingerprint density at radius 3 is 2.43 bits per heavy atom. The van der Waals surface area contributed by atoms with Crippen molar-refractivity contribution in [3.05, 3.63) is 65.1 Å². The van der Waals surface area contributed by atoms with Crippen molar-refractivity contribution in [1.29, 1.82) is 0 Å². The predicted molar refractivity (Wildman–Crippen MR) is 133 cm³/mol. The summed E-state index contributed by atoms with van der Waals surface area (Å²) >= 11 is 0. The summed E-state index contributed by atoms with van der Waals surface area (Å²) in [6.07, 6.45) is 3.92. The van der Waals surface area contributed by atoms with Gasteiger partial charge in [0.2, 0.25) is 5.78 Å². The number of furan rings is 1. The summed E-state index contributed by atoms with van der Waals surface area (Å²) in [5.74, 6) is 1.97. The Kier molecular flexibility index (Phi) is 7.18. The van der Waals surface area contributed by atoms with E-state index in [9.17, 15) is 9.90 Å². The summed E-state index contributed by atoms with van der Waals surface area (Å²) in [4.78, 5) is 15.2. The number of likely N-dealkylation sites (tertiary alicyclic amines) is 1. The maximum absolute atomic E-state index is 12.9. The number of carbonyl (C=O) groups is 1. The quantitative estimate of drug-likeness (QED) is 0.531. The molecule has 0 unspecified atom stereocenters. The van der Waals surface area contributed by atoms with Gasteiger partial charge in [0.05, 0.1) is 37.6 Å². The van der Waals surface area contributed by atoms with Gasteiger partial charge in [-0.3, -0.25) is 9.69 Å². The molecular formula is C28H31NO6. The van der Waals surface area contributed by atoms with Crippen LogP contribution in [0, 0.1) is 5.92 Å². The number of carbonyl (C=O) groups excluding carboxylic acids is 1. The van der Waals surface area contributed by atoms with Gasteiger partial charge in [0.1, 0.15) is 22.8 Å². The van der Waals surface area contributed by atoms with Crippen molar-refractivity contribution in [1.82, 2.24) is 4.90 Å². The predicted octanol–water partition coefficient (Wildman–Crippen LogP) is 5.02. The van der Waals surface area contributed by atoms with Crippen molar-refractivity contribution in [2.75, 3.05) is 39.5 Å². The van der Waals surface area contributed by atoms with Gasteiger partial charge in [-0.05, 0) is 56.1 Å². The fourth-order valence-electron chi connectivity index (χ4n) is 4.54. The molecule has 6 rings (SSSR count). The molecule has 184 valence electrons. The van der Waals surface area contributed by atoms with E-state index in [1.54, 1.807) is 18.2 Å². The van der Waals surface area contributed by atoms with Gasteiger partial charge < -0.3 is 23.7 Å². The molecule has 2 fully saturated rings. The van der Waals surface area contributed by atoms with Crippen molar-refractivity contribution in [2.24, 2.45) is 5.92 Å². The second kappa shape index (κ2) is 10.6. The van der Waals surface area contributed by atoms with Crippen LogP contribution in [-0.2, 0) is 16.0 Å². The molecule has 7 nitrogen and oxygen atoms in total. The first-order valence-corrected chi connectivity index (χ1v) is 12.2. The third kappa shape index (κ3) is 5.42. The first-order valence-electron chi connectivity index (χ1n) is 12.2. The lowest BCUT2D eigenvalue weighted by molar-refractivity contribution is -0.0334. The minimum absolute atomic E-state index is 0.167. The number of phenols is 1. The van der Waals surface area contributed by atoms with Crippen LogP contribution in [0.4, 0.5) is 0 Å². The number of ether oxygens (including phenoxy) is 3. The lowest BCUT2D eigenvalue weighted by Crippen LogP contribution is -2.32. The number of rotatable bonds is 3. The molecule has 3 aliphatic heterocycles. The molecule has 4 heterocycles. The maximum Gasteiger partial charge on any atom is 0.232 e. The van der Waals surface area contributed by atoms with E-state index in [1.807, 2.05) is 30.3 Å². The Morgan fingerprint density at radius 1 is 1.03 bits per heavy atom. The Bertz CT molecular complexity index is 1170. The molecule has 1 N–H and O–H groups in total. The number of allylic oxidation sites excluding steroid dienone is 1. The summed E-state index contributed by atoms with van der Waals surface area (Å²) in [5, 5.41) is 11.4. The zero-order valence-corrected chi connectivity index (χ0v) is 20.0. The average Bonchev–Trinajstić information content (AvgIpc) is 3.44. The Hall–Kier alpha value is -3.13. The molecule has 0 amide bonds. The van der Waals surface area contributed by atoms with E-state index in [0.717, 1.165) is 69.2 Å². The number of nitrogens with zero attached hydrogens (tertiary/aromatic N) is 1. The number of phenolic OH excluding ortho intramolecular Hbond substituents is 1. The number of aromatic hydroxyl groups is 1. The zero-order chi connectivity index (χ0) is 24.2. The molecule has 7 heteroatoms. The van der Waals surface area contributed by atoms with Crippen molar-refractivity contribution in [3.63, 3.8) is 0 Å². The average molecular weight is 478 g/mol. The van der Waals surface area contributed by atoms with Gasteiger partial charge in [-0.1, -0.05) is 25.1 Å². The minimum atomic E-state index is -0.186. The number of hydrogen-bond acceptors (Lipinski definition) is 7. The molecule has 0 bridgehead atoms. The molecule has 3 aromatic rings. The molecule has 0 aliphatic carbocycles. The van der Waals surface area contributed by atoms with E-state index in [2.05, 4.69) is 11.8 Å². The van der Waals surface area contributed by atoms with Crippen LogP contribution in [0.5, 0.6) is 11.5 Å². The van der Waals surface area contributed by atoms with E-state index in [4.69, 9.17) is 18.6 Å². The normalized spacial score (nSPS) is 19.9. The van der Waals surface area contributed by atoms with Gasteiger partial charge in [0.25, 0.3) is 0 Å².